The molecule has 130 valence electrons. The highest BCUT2D eigenvalue weighted by molar-refractivity contribution is 5.56. The summed E-state index contributed by atoms with van der Waals surface area (Å²) in [5, 5.41) is 20.4. The lowest BCUT2D eigenvalue weighted by Gasteiger charge is -2.16. The number of anilines is 1. The quantitative estimate of drug-likeness (QED) is 0.724. The second-order valence-corrected chi connectivity index (χ2v) is 5.11. The average molecular weight is 341 g/mol. The van der Waals surface area contributed by atoms with Crippen LogP contribution in [0.2, 0.25) is 0 Å². The number of nitrogens with one attached hydrogen (secondary N) is 1. The van der Waals surface area contributed by atoms with E-state index < -0.39 is 11.7 Å². The minimum absolute atomic E-state index is 0.0502. The van der Waals surface area contributed by atoms with Gasteiger partial charge in [-0.1, -0.05) is 24.3 Å². The second-order valence-electron chi connectivity index (χ2n) is 5.11. The van der Waals surface area contributed by atoms with Crippen molar-refractivity contribution >= 4 is 5.69 Å². The minimum atomic E-state index is -4.53. The van der Waals surface area contributed by atoms with Crippen LogP contribution in [0.25, 0.3) is 0 Å². The summed E-state index contributed by atoms with van der Waals surface area (Å²) in [5.41, 5.74) is 0.649. The molecule has 4 nitrogen and oxygen atoms in total. The Balaban J connectivity index is 2.15. The molecule has 0 aliphatic carbocycles. The van der Waals surface area contributed by atoms with Gasteiger partial charge in [-0.15, -0.1) is 0 Å². The van der Waals surface area contributed by atoms with Gasteiger partial charge in [0.2, 0.25) is 0 Å². The van der Waals surface area contributed by atoms with E-state index in [0.717, 1.165) is 17.2 Å². The fraction of sp³-hybridized carbons (Fsp3) is 0.294. The van der Waals surface area contributed by atoms with Gasteiger partial charge in [0.1, 0.15) is 12.4 Å². The molecule has 7 heteroatoms. The molecule has 0 heterocycles. The van der Waals surface area contributed by atoms with Crippen molar-refractivity contribution in [2.24, 2.45) is 0 Å². The first-order chi connectivity index (χ1) is 11.4. The first-order valence-corrected chi connectivity index (χ1v) is 7.31. The molecular weight excluding hydrogens is 323 g/mol. The molecule has 0 radical (unpaired) electrons. The van der Waals surface area contributed by atoms with E-state index >= 15 is 0 Å². The van der Waals surface area contributed by atoms with Gasteiger partial charge in [0, 0.05) is 12.2 Å². The summed E-state index contributed by atoms with van der Waals surface area (Å²) < 4.78 is 44.6. The number of hydrogen-bond donors (Lipinski definition) is 3. The number of aliphatic hydroxyl groups is 2. The standard InChI is InChI=1S/C17H18F3NO3/c18-17(19,20)15-9-14(24-8-7-22)5-6-16(15)21-10-12-1-3-13(11-23)4-2-12/h1-6,9,21-23H,7-8,10-11H2. The molecule has 2 aromatic carbocycles. The van der Waals surface area contributed by atoms with Crippen molar-refractivity contribution in [3.8, 4) is 5.75 Å². The van der Waals surface area contributed by atoms with E-state index in [9.17, 15) is 13.2 Å². The van der Waals surface area contributed by atoms with Crippen LogP contribution in [0.3, 0.4) is 0 Å². The van der Waals surface area contributed by atoms with Gasteiger partial charge in [0.25, 0.3) is 0 Å². The van der Waals surface area contributed by atoms with E-state index in [0.29, 0.717) is 0 Å². The number of alkyl halides is 3. The minimum Gasteiger partial charge on any atom is -0.491 e. The molecule has 0 saturated carbocycles. The first kappa shape index (κ1) is 18.1. The lowest BCUT2D eigenvalue weighted by Crippen LogP contribution is -2.12. The smallest absolute Gasteiger partial charge is 0.418 e. The van der Waals surface area contributed by atoms with Crippen LogP contribution in [0.5, 0.6) is 5.75 Å². The highest BCUT2D eigenvalue weighted by Gasteiger charge is 2.34. The van der Waals surface area contributed by atoms with Gasteiger partial charge >= 0.3 is 6.18 Å². The second kappa shape index (κ2) is 8.03. The molecule has 0 saturated heterocycles. The monoisotopic (exact) mass is 341 g/mol. The topological polar surface area (TPSA) is 61.7 Å². The molecule has 0 amide bonds. The summed E-state index contributed by atoms with van der Waals surface area (Å²) in [7, 11) is 0. The van der Waals surface area contributed by atoms with Crippen LogP contribution in [-0.4, -0.2) is 23.4 Å². The number of benzene rings is 2. The third-order valence-corrected chi connectivity index (χ3v) is 3.34. The fourth-order valence-electron chi connectivity index (χ4n) is 2.13. The van der Waals surface area contributed by atoms with Crippen LogP contribution in [0.4, 0.5) is 18.9 Å². The zero-order valence-electron chi connectivity index (χ0n) is 12.8. The fourth-order valence-corrected chi connectivity index (χ4v) is 2.13. The molecule has 0 unspecified atom stereocenters. The lowest BCUT2D eigenvalue weighted by atomic mass is 10.1. The van der Waals surface area contributed by atoms with E-state index in [1.807, 2.05) is 0 Å². The summed E-state index contributed by atoms with van der Waals surface area (Å²) in [6.45, 7) is -0.209. The van der Waals surface area contributed by atoms with Crippen LogP contribution in [-0.2, 0) is 19.3 Å². The van der Waals surface area contributed by atoms with Gasteiger partial charge in [-0.25, -0.2) is 0 Å². The molecule has 3 N–H and O–H groups in total. The van der Waals surface area contributed by atoms with Crippen molar-refractivity contribution in [2.45, 2.75) is 19.3 Å². The first-order valence-electron chi connectivity index (χ1n) is 7.31. The van der Waals surface area contributed by atoms with Gasteiger partial charge in [-0.05, 0) is 29.3 Å². The Kier molecular flexibility index (Phi) is 6.05. The van der Waals surface area contributed by atoms with Crippen molar-refractivity contribution in [3.63, 3.8) is 0 Å². The van der Waals surface area contributed by atoms with Crippen molar-refractivity contribution in [1.29, 1.82) is 0 Å². The Morgan fingerprint density at radius 2 is 1.62 bits per heavy atom. The highest BCUT2D eigenvalue weighted by Crippen LogP contribution is 2.37. The van der Waals surface area contributed by atoms with Crippen LogP contribution < -0.4 is 10.1 Å². The maximum Gasteiger partial charge on any atom is 0.418 e. The highest BCUT2D eigenvalue weighted by atomic mass is 19.4. The van der Waals surface area contributed by atoms with Gasteiger partial charge in [-0.3, -0.25) is 0 Å². The molecule has 0 spiro atoms. The normalized spacial score (nSPS) is 11.4. The largest absolute Gasteiger partial charge is 0.491 e. The molecule has 0 fully saturated rings. The Hall–Kier alpha value is -2.25. The maximum absolute atomic E-state index is 13.2. The lowest BCUT2D eigenvalue weighted by molar-refractivity contribution is -0.137. The van der Waals surface area contributed by atoms with Crippen molar-refractivity contribution in [2.75, 3.05) is 18.5 Å². The molecule has 0 bridgehead atoms. The molecule has 0 aliphatic rings. The predicted octanol–water partition coefficient (Wildman–Crippen LogP) is 3.18. The van der Waals surface area contributed by atoms with E-state index in [2.05, 4.69) is 5.32 Å². The average Bonchev–Trinajstić information content (AvgIpc) is 2.58. The Morgan fingerprint density at radius 1 is 0.958 bits per heavy atom. The summed E-state index contributed by atoms with van der Waals surface area (Å²) in [4.78, 5) is 0. The zero-order valence-corrected chi connectivity index (χ0v) is 12.8. The summed E-state index contributed by atoms with van der Waals surface area (Å²) >= 11 is 0. The maximum atomic E-state index is 13.2. The van der Waals surface area contributed by atoms with E-state index in [1.165, 1.54) is 12.1 Å². The van der Waals surface area contributed by atoms with Gasteiger partial charge < -0.3 is 20.3 Å². The Labute approximate surface area is 137 Å². The predicted molar refractivity (Wildman–Crippen MR) is 83.7 cm³/mol. The van der Waals surface area contributed by atoms with Crippen LogP contribution in [0.1, 0.15) is 16.7 Å². The molecular formula is C17H18F3NO3. The van der Waals surface area contributed by atoms with Crippen LogP contribution in [0.15, 0.2) is 42.5 Å². The summed E-state index contributed by atoms with van der Waals surface area (Å²) in [6.07, 6.45) is -4.53. The number of ether oxygens (including phenoxy) is 1. The van der Waals surface area contributed by atoms with Crippen molar-refractivity contribution < 1.29 is 28.1 Å². The summed E-state index contributed by atoms with van der Waals surface area (Å²) in [6, 6.07) is 10.5. The van der Waals surface area contributed by atoms with Crippen LogP contribution in [0, 0.1) is 0 Å². The van der Waals surface area contributed by atoms with E-state index in [4.69, 9.17) is 14.9 Å². The molecule has 2 rings (SSSR count). The zero-order chi connectivity index (χ0) is 17.6. The van der Waals surface area contributed by atoms with E-state index in [-0.39, 0.29) is 37.8 Å². The number of halogens is 3. The molecule has 0 aromatic heterocycles. The molecule has 2 aromatic rings. The van der Waals surface area contributed by atoms with Crippen LogP contribution >= 0.6 is 0 Å². The Bertz CT molecular complexity index is 657. The Morgan fingerprint density at radius 3 is 2.21 bits per heavy atom. The number of rotatable bonds is 7. The van der Waals surface area contributed by atoms with Gasteiger partial charge in [0.15, 0.2) is 0 Å². The number of hydrogen-bond acceptors (Lipinski definition) is 4. The van der Waals surface area contributed by atoms with Crippen molar-refractivity contribution in [1.82, 2.24) is 0 Å². The molecule has 0 aliphatic heterocycles. The molecule has 0 atom stereocenters. The van der Waals surface area contributed by atoms with Gasteiger partial charge in [-0.2, -0.15) is 13.2 Å². The van der Waals surface area contributed by atoms with E-state index in [1.54, 1.807) is 24.3 Å². The number of aliphatic hydroxyl groups excluding tert-OH is 2. The SMILES string of the molecule is OCCOc1ccc(NCc2ccc(CO)cc2)c(C(F)(F)F)c1. The third kappa shape index (κ3) is 4.87. The van der Waals surface area contributed by atoms with Crippen molar-refractivity contribution in [3.05, 3.63) is 59.2 Å². The summed E-state index contributed by atoms with van der Waals surface area (Å²) in [5.74, 6) is 0.0502. The third-order valence-electron chi connectivity index (χ3n) is 3.34. The van der Waals surface area contributed by atoms with Gasteiger partial charge in [0.05, 0.1) is 18.8 Å². The molecule has 24 heavy (non-hydrogen) atoms.